The zero-order valence-corrected chi connectivity index (χ0v) is 23.5. The van der Waals surface area contributed by atoms with Crippen molar-refractivity contribution in [1.82, 2.24) is 10.3 Å². The molecule has 0 spiro atoms. The minimum atomic E-state index is 0.0907. The van der Waals surface area contributed by atoms with E-state index in [9.17, 15) is 0 Å². The summed E-state index contributed by atoms with van der Waals surface area (Å²) in [7, 11) is 0. The second-order valence-corrected chi connectivity index (χ2v) is 11.4. The third-order valence-corrected chi connectivity index (χ3v) is 8.78. The molecule has 3 aromatic carbocycles. The first kappa shape index (κ1) is 26.7. The number of benzene rings is 3. The fraction of sp³-hybridized carbons (Fsp3) is 0.486. The van der Waals surface area contributed by atoms with Crippen molar-refractivity contribution in [2.75, 3.05) is 0 Å². The molecule has 0 fully saturated rings. The topological polar surface area (TPSA) is 38.9 Å². The second kappa shape index (κ2) is 12.7. The molecule has 5 rings (SSSR count). The summed E-state index contributed by atoms with van der Waals surface area (Å²) < 4.78 is 5.10. The molecule has 0 aliphatic heterocycles. The van der Waals surface area contributed by atoms with Crippen LogP contribution in [0.5, 0.6) is 0 Å². The molecule has 200 valence electrons. The molecule has 3 heteroatoms. The van der Waals surface area contributed by atoms with Gasteiger partial charge in [0.2, 0.25) is 0 Å². The average Bonchev–Trinajstić information content (AvgIpc) is 3.54. The van der Waals surface area contributed by atoms with Crippen molar-refractivity contribution in [2.24, 2.45) is 0 Å². The maximum Gasteiger partial charge on any atom is 0.143 e. The summed E-state index contributed by atoms with van der Waals surface area (Å²) in [5.41, 5.74) is 10.0. The summed E-state index contributed by atoms with van der Waals surface area (Å²) in [6.45, 7) is 4.60. The van der Waals surface area contributed by atoms with Crippen LogP contribution in [0, 0.1) is 0 Å². The van der Waals surface area contributed by atoms with Gasteiger partial charge >= 0.3 is 0 Å². The van der Waals surface area contributed by atoms with E-state index in [1.807, 2.05) is 6.07 Å². The van der Waals surface area contributed by atoms with Gasteiger partial charge in [-0.2, -0.15) is 0 Å². The summed E-state index contributed by atoms with van der Waals surface area (Å²) in [6, 6.07) is 22.5. The van der Waals surface area contributed by atoms with Gasteiger partial charge in [-0.25, -0.2) is 4.63 Å². The van der Waals surface area contributed by atoms with Crippen LogP contribution in [0.2, 0.25) is 0 Å². The van der Waals surface area contributed by atoms with Crippen LogP contribution in [0.3, 0.4) is 0 Å². The van der Waals surface area contributed by atoms with Gasteiger partial charge in [-0.1, -0.05) is 139 Å². The summed E-state index contributed by atoms with van der Waals surface area (Å²) in [4.78, 5) is 0. The van der Waals surface area contributed by atoms with E-state index < -0.39 is 0 Å². The Balaban J connectivity index is 1.50. The zero-order chi connectivity index (χ0) is 26.2. The SMILES string of the molecule is CCCCCCCCC1(CCCCCCCC)c2ccccc2-c2ccc(-c3cccc4nonc34)cc21. The molecule has 1 aromatic heterocycles. The van der Waals surface area contributed by atoms with E-state index >= 15 is 0 Å². The molecule has 0 N–H and O–H groups in total. The second-order valence-electron chi connectivity index (χ2n) is 11.4. The molecule has 0 radical (unpaired) electrons. The van der Waals surface area contributed by atoms with E-state index in [1.165, 1.54) is 112 Å². The van der Waals surface area contributed by atoms with Gasteiger partial charge in [0.25, 0.3) is 0 Å². The van der Waals surface area contributed by atoms with E-state index in [0.717, 1.165) is 16.6 Å². The monoisotopic (exact) mass is 508 g/mol. The maximum atomic E-state index is 5.10. The van der Waals surface area contributed by atoms with Gasteiger partial charge < -0.3 is 0 Å². The van der Waals surface area contributed by atoms with Crippen molar-refractivity contribution in [3.05, 3.63) is 71.8 Å². The molecule has 4 aromatic rings. The molecule has 3 nitrogen and oxygen atoms in total. The number of unbranched alkanes of at least 4 members (excludes halogenated alkanes) is 10. The number of rotatable bonds is 15. The van der Waals surface area contributed by atoms with E-state index in [-0.39, 0.29) is 5.41 Å². The van der Waals surface area contributed by atoms with Gasteiger partial charge in [0.1, 0.15) is 11.0 Å². The van der Waals surface area contributed by atoms with Crippen LogP contribution in [-0.4, -0.2) is 10.3 Å². The predicted octanol–water partition coefficient (Wildman–Crippen LogP) is 10.7. The van der Waals surface area contributed by atoms with Gasteiger partial charge in [0.05, 0.1) is 0 Å². The van der Waals surface area contributed by atoms with Crippen LogP contribution in [0.4, 0.5) is 0 Å². The smallest absolute Gasteiger partial charge is 0.143 e. The molecule has 38 heavy (non-hydrogen) atoms. The standard InChI is InChI=1S/C35H44N2O/c1-3-5-7-9-11-15-24-35(25-16-12-10-8-6-4-2)31-20-14-13-18-29(31)30-23-22-27(26-32(30)35)28-19-17-21-33-34(28)37-38-36-33/h13-14,17-23,26H,3-12,15-16,24-25H2,1-2H3. The highest BCUT2D eigenvalue weighted by Gasteiger charge is 2.42. The molecule has 1 heterocycles. The minimum absolute atomic E-state index is 0.0907. The third-order valence-electron chi connectivity index (χ3n) is 8.78. The van der Waals surface area contributed by atoms with Gasteiger partial charge in [-0.15, -0.1) is 0 Å². The molecule has 0 unspecified atom stereocenters. The molecule has 0 amide bonds. The number of fused-ring (bicyclic) bond motifs is 4. The summed E-state index contributed by atoms with van der Waals surface area (Å²) in [6.07, 6.45) is 18.5. The van der Waals surface area contributed by atoms with Crippen molar-refractivity contribution >= 4 is 11.0 Å². The lowest BCUT2D eigenvalue weighted by Gasteiger charge is -2.33. The molecule has 0 saturated heterocycles. The number of hydrogen-bond acceptors (Lipinski definition) is 3. The Morgan fingerprint density at radius 1 is 0.579 bits per heavy atom. The lowest BCUT2D eigenvalue weighted by Crippen LogP contribution is -2.25. The van der Waals surface area contributed by atoms with E-state index in [0.29, 0.717) is 0 Å². The highest BCUT2D eigenvalue weighted by molar-refractivity contribution is 5.93. The molecule has 0 saturated carbocycles. The van der Waals surface area contributed by atoms with Crippen LogP contribution >= 0.6 is 0 Å². The van der Waals surface area contributed by atoms with E-state index in [4.69, 9.17) is 4.63 Å². The van der Waals surface area contributed by atoms with E-state index in [1.54, 1.807) is 5.56 Å². The van der Waals surface area contributed by atoms with Gasteiger partial charge in [0, 0.05) is 11.0 Å². The first-order valence-corrected chi connectivity index (χ1v) is 15.2. The average molecular weight is 509 g/mol. The van der Waals surface area contributed by atoms with Crippen molar-refractivity contribution in [3.8, 4) is 22.3 Å². The Morgan fingerprint density at radius 2 is 1.21 bits per heavy atom. The molecule has 0 bridgehead atoms. The van der Waals surface area contributed by atoms with Crippen molar-refractivity contribution < 1.29 is 4.63 Å². The van der Waals surface area contributed by atoms with Crippen molar-refractivity contribution in [3.63, 3.8) is 0 Å². The zero-order valence-electron chi connectivity index (χ0n) is 23.5. The quantitative estimate of drug-likeness (QED) is 0.150. The van der Waals surface area contributed by atoms with Gasteiger partial charge in [-0.3, -0.25) is 0 Å². The van der Waals surface area contributed by atoms with Crippen LogP contribution in [-0.2, 0) is 5.41 Å². The summed E-state index contributed by atoms with van der Waals surface area (Å²) >= 11 is 0. The first-order valence-electron chi connectivity index (χ1n) is 15.2. The summed E-state index contributed by atoms with van der Waals surface area (Å²) in [5, 5.41) is 8.34. The number of aromatic nitrogens is 2. The lowest BCUT2D eigenvalue weighted by atomic mass is 9.70. The Labute approximate surface area is 229 Å². The molecule has 0 atom stereocenters. The van der Waals surface area contributed by atoms with Crippen LogP contribution in [0.25, 0.3) is 33.3 Å². The fourth-order valence-corrected chi connectivity index (χ4v) is 6.74. The Kier molecular flexibility index (Phi) is 8.94. The van der Waals surface area contributed by atoms with Crippen molar-refractivity contribution in [2.45, 2.75) is 109 Å². The number of nitrogens with zero attached hydrogens (tertiary/aromatic N) is 2. The highest BCUT2D eigenvalue weighted by atomic mass is 16.6. The van der Waals surface area contributed by atoms with Crippen molar-refractivity contribution in [1.29, 1.82) is 0 Å². The lowest BCUT2D eigenvalue weighted by molar-refractivity contribution is 0.315. The van der Waals surface area contributed by atoms with Crippen LogP contribution in [0.15, 0.2) is 65.3 Å². The Hall–Kier alpha value is -2.94. The normalized spacial score (nSPS) is 13.6. The van der Waals surface area contributed by atoms with Crippen LogP contribution in [0.1, 0.15) is 115 Å². The predicted molar refractivity (Wildman–Crippen MR) is 159 cm³/mol. The Bertz CT molecular complexity index is 1300. The molecule has 1 aliphatic carbocycles. The largest absolute Gasteiger partial charge is 0.243 e. The first-order chi connectivity index (χ1) is 18.8. The minimum Gasteiger partial charge on any atom is -0.243 e. The summed E-state index contributed by atoms with van der Waals surface area (Å²) in [5.74, 6) is 0. The molecular formula is C35H44N2O. The van der Waals surface area contributed by atoms with E-state index in [2.05, 4.69) is 78.8 Å². The molecular weight excluding hydrogens is 464 g/mol. The Morgan fingerprint density at radius 3 is 1.95 bits per heavy atom. The maximum absolute atomic E-state index is 5.10. The fourth-order valence-electron chi connectivity index (χ4n) is 6.74. The molecule has 1 aliphatic rings. The highest BCUT2D eigenvalue weighted by Crippen LogP contribution is 2.55. The number of hydrogen-bond donors (Lipinski definition) is 0. The van der Waals surface area contributed by atoms with Gasteiger partial charge in [0.15, 0.2) is 0 Å². The van der Waals surface area contributed by atoms with Crippen LogP contribution < -0.4 is 0 Å². The van der Waals surface area contributed by atoms with Gasteiger partial charge in [-0.05, 0) is 63.1 Å². The third kappa shape index (κ3) is 5.44.